The van der Waals surface area contributed by atoms with Crippen molar-refractivity contribution in [3.63, 3.8) is 0 Å². The van der Waals surface area contributed by atoms with Gasteiger partial charge >= 0.3 is 5.69 Å². The summed E-state index contributed by atoms with van der Waals surface area (Å²) in [6, 6.07) is 1.44. The minimum absolute atomic E-state index is 0.0441. The van der Waals surface area contributed by atoms with Crippen LogP contribution in [0.15, 0.2) is 12.1 Å². The van der Waals surface area contributed by atoms with Gasteiger partial charge in [0.25, 0.3) is 0 Å². The second-order valence-electron chi connectivity index (χ2n) is 4.77. The lowest BCUT2D eigenvalue weighted by atomic mass is 10.1. The highest BCUT2D eigenvalue weighted by atomic mass is 19.1. The Hall–Kier alpha value is -1.72. The largest absolute Gasteiger partial charge is 0.377 e. The number of halogens is 2. The third-order valence-electron chi connectivity index (χ3n) is 3.00. The third-order valence-corrected chi connectivity index (χ3v) is 3.00. The van der Waals surface area contributed by atoms with Crippen molar-refractivity contribution >= 4 is 11.4 Å². The molecule has 18 heavy (non-hydrogen) atoms. The van der Waals surface area contributed by atoms with Crippen molar-refractivity contribution in [1.29, 1.82) is 0 Å². The molecule has 0 heterocycles. The van der Waals surface area contributed by atoms with E-state index in [1.807, 2.05) is 6.92 Å². The smallest absolute Gasteiger partial charge is 0.327 e. The number of hydrogen-bond donors (Lipinski definition) is 1. The zero-order chi connectivity index (χ0) is 13.3. The number of benzene rings is 1. The van der Waals surface area contributed by atoms with E-state index in [4.69, 9.17) is 0 Å². The maximum absolute atomic E-state index is 13.4. The van der Waals surface area contributed by atoms with Gasteiger partial charge in [-0.25, -0.2) is 4.39 Å². The van der Waals surface area contributed by atoms with Crippen LogP contribution in [0.4, 0.5) is 20.2 Å². The van der Waals surface area contributed by atoms with Gasteiger partial charge < -0.3 is 5.32 Å². The molecular formula is C12H14F2N2O2. The number of nitro benzene ring substituents is 1. The van der Waals surface area contributed by atoms with Gasteiger partial charge in [0, 0.05) is 18.2 Å². The summed E-state index contributed by atoms with van der Waals surface area (Å²) in [4.78, 5) is 9.94. The number of rotatable bonds is 5. The van der Waals surface area contributed by atoms with E-state index < -0.39 is 22.2 Å². The molecule has 2 rings (SSSR count). The molecule has 1 aliphatic rings. The lowest BCUT2D eigenvalue weighted by Gasteiger charge is -2.15. The van der Waals surface area contributed by atoms with Crippen molar-refractivity contribution in [2.75, 3.05) is 5.32 Å². The third kappa shape index (κ3) is 2.94. The molecule has 0 aromatic heterocycles. The van der Waals surface area contributed by atoms with Crippen LogP contribution in [0.3, 0.4) is 0 Å². The van der Waals surface area contributed by atoms with Crippen LogP contribution in [0.25, 0.3) is 0 Å². The summed E-state index contributed by atoms with van der Waals surface area (Å²) in [7, 11) is 0. The van der Waals surface area contributed by atoms with Gasteiger partial charge in [-0.3, -0.25) is 10.1 Å². The lowest BCUT2D eigenvalue weighted by Crippen LogP contribution is -2.17. The Morgan fingerprint density at radius 2 is 2.17 bits per heavy atom. The van der Waals surface area contributed by atoms with E-state index in [1.54, 1.807) is 0 Å². The lowest BCUT2D eigenvalue weighted by molar-refractivity contribution is -0.386. The molecule has 98 valence electrons. The first kappa shape index (κ1) is 12.7. The van der Waals surface area contributed by atoms with Gasteiger partial charge in [-0.15, -0.1) is 0 Å². The first-order valence-corrected chi connectivity index (χ1v) is 5.87. The van der Waals surface area contributed by atoms with Crippen LogP contribution in [-0.2, 0) is 0 Å². The van der Waals surface area contributed by atoms with Gasteiger partial charge in [-0.1, -0.05) is 12.8 Å². The molecule has 0 amide bonds. The fourth-order valence-electron chi connectivity index (χ4n) is 2.04. The summed E-state index contributed by atoms with van der Waals surface area (Å²) in [5.74, 6) is -1.34. The summed E-state index contributed by atoms with van der Waals surface area (Å²) >= 11 is 0. The average Bonchev–Trinajstić information content (AvgIpc) is 2.98. The molecule has 1 aromatic carbocycles. The summed E-state index contributed by atoms with van der Waals surface area (Å²) in [5, 5.41) is 13.6. The molecule has 1 aliphatic carbocycles. The van der Waals surface area contributed by atoms with Crippen molar-refractivity contribution in [2.45, 2.75) is 32.2 Å². The summed E-state index contributed by atoms with van der Waals surface area (Å²) in [6.45, 7) is 1.85. The quantitative estimate of drug-likeness (QED) is 0.648. The van der Waals surface area contributed by atoms with E-state index in [-0.39, 0.29) is 11.7 Å². The van der Waals surface area contributed by atoms with Crippen LogP contribution < -0.4 is 5.32 Å². The Morgan fingerprint density at radius 1 is 1.50 bits per heavy atom. The maximum atomic E-state index is 13.4. The van der Waals surface area contributed by atoms with Crippen LogP contribution in [0.5, 0.6) is 0 Å². The molecule has 1 N–H and O–H groups in total. The van der Waals surface area contributed by atoms with E-state index in [2.05, 4.69) is 5.32 Å². The minimum Gasteiger partial charge on any atom is -0.377 e. The first-order valence-electron chi connectivity index (χ1n) is 5.87. The van der Waals surface area contributed by atoms with E-state index in [9.17, 15) is 18.9 Å². The molecule has 1 aromatic rings. The van der Waals surface area contributed by atoms with Gasteiger partial charge in [-0.2, -0.15) is 4.39 Å². The summed E-state index contributed by atoms with van der Waals surface area (Å²) < 4.78 is 26.5. The summed E-state index contributed by atoms with van der Waals surface area (Å²) in [5.41, 5.74) is -0.787. The average molecular weight is 256 g/mol. The second kappa shape index (κ2) is 4.88. The predicted molar refractivity (Wildman–Crippen MR) is 63.4 cm³/mol. The van der Waals surface area contributed by atoms with Gasteiger partial charge in [0.15, 0.2) is 0 Å². The molecule has 1 atom stereocenters. The minimum atomic E-state index is -1.15. The monoisotopic (exact) mass is 256 g/mol. The van der Waals surface area contributed by atoms with E-state index >= 15 is 0 Å². The van der Waals surface area contributed by atoms with Crippen LogP contribution in [-0.4, -0.2) is 11.0 Å². The molecule has 0 saturated heterocycles. The Bertz CT molecular complexity index is 475. The molecule has 1 saturated carbocycles. The van der Waals surface area contributed by atoms with Gasteiger partial charge in [0.1, 0.15) is 11.5 Å². The molecule has 6 heteroatoms. The number of anilines is 1. The zero-order valence-electron chi connectivity index (χ0n) is 9.95. The first-order chi connectivity index (χ1) is 8.47. The van der Waals surface area contributed by atoms with Gasteiger partial charge in [0.05, 0.1) is 4.92 Å². The van der Waals surface area contributed by atoms with Crippen molar-refractivity contribution in [1.82, 2.24) is 0 Å². The number of hydrogen-bond acceptors (Lipinski definition) is 3. The van der Waals surface area contributed by atoms with Crippen LogP contribution >= 0.6 is 0 Å². The number of nitrogens with zero attached hydrogens (tertiary/aromatic N) is 1. The topological polar surface area (TPSA) is 55.2 Å². The molecular weight excluding hydrogens is 242 g/mol. The SMILES string of the molecule is CC(CC1CC1)Nc1cc(F)cc(F)c1[N+](=O)[O-]. The Kier molecular flexibility index (Phi) is 3.45. The maximum Gasteiger partial charge on any atom is 0.327 e. The van der Waals surface area contributed by atoms with Crippen molar-refractivity contribution in [3.8, 4) is 0 Å². The normalized spacial score (nSPS) is 16.4. The van der Waals surface area contributed by atoms with Gasteiger partial charge in [-0.05, 0) is 19.3 Å². The molecule has 1 unspecified atom stereocenters. The second-order valence-corrected chi connectivity index (χ2v) is 4.77. The predicted octanol–water partition coefficient (Wildman–Crippen LogP) is 3.47. The van der Waals surface area contributed by atoms with Crippen molar-refractivity contribution < 1.29 is 13.7 Å². The number of nitro groups is 1. The van der Waals surface area contributed by atoms with Crippen LogP contribution in [0.2, 0.25) is 0 Å². The van der Waals surface area contributed by atoms with E-state index in [0.29, 0.717) is 12.0 Å². The van der Waals surface area contributed by atoms with Crippen molar-refractivity contribution in [3.05, 3.63) is 33.9 Å². The Morgan fingerprint density at radius 3 is 2.72 bits per heavy atom. The van der Waals surface area contributed by atoms with Gasteiger partial charge in [0.2, 0.25) is 5.82 Å². The summed E-state index contributed by atoms with van der Waals surface area (Å²) in [6.07, 6.45) is 3.17. The molecule has 4 nitrogen and oxygen atoms in total. The highest BCUT2D eigenvalue weighted by molar-refractivity contribution is 5.62. The molecule has 0 spiro atoms. The Balaban J connectivity index is 2.21. The highest BCUT2D eigenvalue weighted by Gasteiger charge is 2.26. The highest BCUT2D eigenvalue weighted by Crippen LogP contribution is 2.35. The number of nitrogens with one attached hydrogen (secondary N) is 1. The molecule has 0 bridgehead atoms. The fraction of sp³-hybridized carbons (Fsp3) is 0.500. The van der Waals surface area contributed by atoms with Crippen LogP contribution in [0.1, 0.15) is 26.2 Å². The van der Waals surface area contributed by atoms with Crippen LogP contribution in [0, 0.1) is 27.7 Å². The molecule has 1 fully saturated rings. The van der Waals surface area contributed by atoms with E-state index in [1.165, 1.54) is 0 Å². The standard InChI is InChI=1S/C12H14F2N2O2/c1-7(4-8-2-3-8)15-11-6-9(13)5-10(14)12(11)16(17)18/h5-8,15H,2-4H2,1H3. The van der Waals surface area contributed by atoms with E-state index in [0.717, 1.165) is 25.3 Å². The molecule has 0 aliphatic heterocycles. The zero-order valence-corrected chi connectivity index (χ0v) is 9.95. The Labute approximate surface area is 103 Å². The van der Waals surface area contributed by atoms with Crippen molar-refractivity contribution in [2.24, 2.45) is 5.92 Å². The molecule has 0 radical (unpaired) electrons. The fourth-order valence-corrected chi connectivity index (χ4v) is 2.04.